The van der Waals surface area contributed by atoms with Gasteiger partial charge in [-0.1, -0.05) is 18.5 Å². The third-order valence-corrected chi connectivity index (χ3v) is 3.62. The van der Waals surface area contributed by atoms with Crippen molar-refractivity contribution in [3.05, 3.63) is 27.4 Å². The van der Waals surface area contributed by atoms with E-state index in [-0.39, 0.29) is 22.2 Å². The van der Waals surface area contributed by atoms with E-state index in [0.717, 1.165) is 25.7 Å². The van der Waals surface area contributed by atoms with Crippen molar-refractivity contribution < 1.29 is 4.92 Å². The Morgan fingerprint density at radius 1 is 1.59 bits per heavy atom. The highest BCUT2D eigenvalue weighted by atomic mass is 35.5. The number of hydrogen-bond donors (Lipinski definition) is 1. The quantitative estimate of drug-likeness (QED) is 0.509. The summed E-state index contributed by atoms with van der Waals surface area (Å²) in [6, 6.07) is 2.82. The minimum atomic E-state index is -0.437. The summed E-state index contributed by atoms with van der Waals surface area (Å²) < 4.78 is 0. The molecular weight excluding hydrogens is 242 g/mol. The van der Waals surface area contributed by atoms with Gasteiger partial charge in [-0.3, -0.25) is 10.1 Å². The normalized spacial score (nSPS) is 17.3. The van der Waals surface area contributed by atoms with Gasteiger partial charge < -0.3 is 5.32 Å². The van der Waals surface area contributed by atoms with Crippen LogP contribution in [0.5, 0.6) is 0 Å². The van der Waals surface area contributed by atoms with E-state index < -0.39 is 4.92 Å². The van der Waals surface area contributed by atoms with Gasteiger partial charge in [0.05, 0.1) is 4.92 Å². The van der Waals surface area contributed by atoms with Crippen molar-refractivity contribution in [1.82, 2.24) is 4.98 Å². The van der Waals surface area contributed by atoms with E-state index in [1.54, 1.807) is 0 Å². The number of nitrogens with zero attached hydrogens (tertiary/aromatic N) is 2. The second-order valence-electron chi connectivity index (χ2n) is 4.37. The molecule has 92 valence electrons. The molecule has 0 unspecified atom stereocenters. The predicted molar refractivity (Wildman–Crippen MR) is 66.4 cm³/mol. The second kappa shape index (κ2) is 4.49. The first-order chi connectivity index (χ1) is 8.06. The maximum Gasteiger partial charge on any atom is 0.311 e. The van der Waals surface area contributed by atoms with Crippen LogP contribution >= 0.6 is 11.6 Å². The topological polar surface area (TPSA) is 68.1 Å². The number of nitro groups is 1. The molecule has 0 aliphatic heterocycles. The number of anilines is 1. The zero-order chi connectivity index (χ0) is 12.5. The highest BCUT2D eigenvalue weighted by Crippen LogP contribution is 2.39. The molecule has 1 heterocycles. The van der Waals surface area contributed by atoms with Gasteiger partial charge in [0.25, 0.3) is 0 Å². The molecule has 1 saturated carbocycles. The van der Waals surface area contributed by atoms with Gasteiger partial charge in [-0.2, -0.15) is 0 Å². The Kier molecular flexibility index (Phi) is 3.19. The number of rotatable bonds is 4. The van der Waals surface area contributed by atoms with Gasteiger partial charge in [-0.25, -0.2) is 4.98 Å². The molecule has 0 spiro atoms. The maximum absolute atomic E-state index is 10.9. The number of aromatic nitrogens is 1. The molecule has 0 bridgehead atoms. The Hall–Kier alpha value is -1.36. The first kappa shape index (κ1) is 12.1. The molecule has 0 saturated heterocycles. The highest BCUT2D eigenvalue weighted by molar-refractivity contribution is 6.29. The van der Waals surface area contributed by atoms with Gasteiger partial charge in [0, 0.05) is 11.6 Å². The molecule has 1 aliphatic rings. The predicted octanol–water partition coefficient (Wildman–Crippen LogP) is 3.39. The van der Waals surface area contributed by atoms with Crippen LogP contribution in [-0.4, -0.2) is 15.4 Å². The first-order valence-electron chi connectivity index (χ1n) is 5.65. The van der Waals surface area contributed by atoms with Gasteiger partial charge in [-0.05, 0) is 31.7 Å². The average Bonchev–Trinajstić information content (AvgIpc) is 2.23. The largest absolute Gasteiger partial charge is 0.359 e. The molecule has 0 amide bonds. The van der Waals surface area contributed by atoms with E-state index >= 15 is 0 Å². The van der Waals surface area contributed by atoms with Gasteiger partial charge >= 0.3 is 5.69 Å². The van der Waals surface area contributed by atoms with Gasteiger partial charge in [-0.15, -0.1) is 0 Å². The number of nitrogens with one attached hydrogen (secondary N) is 1. The lowest BCUT2D eigenvalue weighted by atomic mass is 9.75. The van der Waals surface area contributed by atoms with Crippen LogP contribution in [0.1, 0.15) is 32.6 Å². The van der Waals surface area contributed by atoms with Crippen molar-refractivity contribution >= 4 is 23.1 Å². The zero-order valence-corrected chi connectivity index (χ0v) is 10.3. The molecule has 0 atom stereocenters. The fraction of sp³-hybridized carbons (Fsp3) is 0.545. The van der Waals surface area contributed by atoms with Crippen LogP contribution < -0.4 is 5.32 Å². The van der Waals surface area contributed by atoms with Crippen molar-refractivity contribution in [2.24, 2.45) is 0 Å². The molecule has 0 radical (unpaired) electrons. The Labute approximate surface area is 104 Å². The summed E-state index contributed by atoms with van der Waals surface area (Å²) in [5.41, 5.74) is -0.0586. The molecule has 1 aliphatic carbocycles. The van der Waals surface area contributed by atoms with E-state index in [0.29, 0.717) is 0 Å². The Morgan fingerprint density at radius 2 is 2.29 bits per heavy atom. The standard InChI is InChI=1S/C11H14ClN3O2/c1-2-11(6-3-7-11)14-10-8(15(16)17)4-5-9(12)13-10/h4-5H,2-3,6-7H2,1H3,(H,13,14). The summed E-state index contributed by atoms with van der Waals surface area (Å²) in [4.78, 5) is 14.5. The van der Waals surface area contributed by atoms with Crippen LogP contribution in [0.4, 0.5) is 11.5 Å². The van der Waals surface area contributed by atoms with E-state index in [2.05, 4.69) is 17.2 Å². The summed E-state index contributed by atoms with van der Waals surface area (Å²) in [6.07, 6.45) is 4.12. The van der Waals surface area contributed by atoms with Gasteiger partial charge in [0.1, 0.15) is 5.15 Å². The molecular formula is C11H14ClN3O2. The third-order valence-electron chi connectivity index (χ3n) is 3.41. The van der Waals surface area contributed by atoms with Crippen LogP contribution in [0, 0.1) is 10.1 Å². The zero-order valence-electron chi connectivity index (χ0n) is 9.57. The first-order valence-corrected chi connectivity index (χ1v) is 6.03. The molecule has 1 aromatic rings. The molecule has 6 heteroatoms. The third kappa shape index (κ3) is 2.34. The molecule has 5 nitrogen and oxygen atoms in total. The molecule has 17 heavy (non-hydrogen) atoms. The van der Waals surface area contributed by atoms with E-state index in [1.165, 1.54) is 12.1 Å². The van der Waals surface area contributed by atoms with Gasteiger partial charge in [0.15, 0.2) is 0 Å². The van der Waals surface area contributed by atoms with Crippen molar-refractivity contribution in [2.45, 2.75) is 38.1 Å². The average molecular weight is 256 g/mol. The molecule has 2 rings (SSSR count). The summed E-state index contributed by atoms with van der Waals surface area (Å²) in [5.74, 6) is 0.282. The van der Waals surface area contributed by atoms with Crippen LogP contribution in [0.25, 0.3) is 0 Å². The van der Waals surface area contributed by atoms with Crippen molar-refractivity contribution in [3.8, 4) is 0 Å². The molecule has 1 fully saturated rings. The second-order valence-corrected chi connectivity index (χ2v) is 4.76. The maximum atomic E-state index is 10.9. The summed E-state index contributed by atoms with van der Waals surface area (Å²) in [5, 5.41) is 14.4. The lowest BCUT2D eigenvalue weighted by Gasteiger charge is -2.42. The fourth-order valence-corrected chi connectivity index (χ4v) is 2.24. The number of hydrogen-bond acceptors (Lipinski definition) is 4. The van der Waals surface area contributed by atoms with Crippen LogP contribution in [0.3, 0.4) is 0 Å². The minimum absolute atomic E-state index is 0.0193. The summed E-state index contributed by atoms with van der Waals surface area (Å²) in [6.45, 7) is 2.07. The van der Waals surface area contributed by atoms with E-state index in [4.69, 9.17) is 11.6 Å². The van der Waals surface area contributed by atoms with Crippen molar-refractivity contribution in [3.63, 3.8) is 0 Å². The molecule has 1 N–H and O–H groups in total. The number of halogens is 1. The highest BCUT2D eigenvalue weighted by Gasteiger charge is 2.37. The Bertz CT molecular complexity index is 441. The molecule has 0 aromatic carbocycles. The van der Waals surface area contributed by atoms with Crippen LogP contribution in [-0.2, 0) is 0 Å². The van der Waals surface area contributed by atoms with E-state index in [1.807, 2.05) is 0 Å². The Balaban J connectivity index is 2.30. The molecule has 1 aromatic heterocycles. The Morgan fingerprint density at radius 3 is 2.76 bits per heavy atom. The van der Waals surface area contributed by atoms with Crippen LogP contribution in [0.15, 0.2) is 12.1 Å². The van der Waals surface area contributed by atoms with Crippen molar-refractivity contribution in [1.29, 1.82) is 0 Å². The van der Waals surface area contributed by atoms with Crippen LogP contribution in [0.2, 0.25) is 5.15 Å². The summed E-state index contributed by atoms with van der Waals surface area (Å²) >= 11 is 5.78. The monoisotopic (exact) mass is 255 g/mol. The van der Waals surface area contributed by atoms with Gasteiger partial charge in [0.2, 0.25) is 5.82 Å². The van der Waals surface area contributed by atoms with E-state index in [9.17, 15) is 10.1 Å². The smallest absolute Gasteiger partial charge is 0.311 e. The summed E-state index contributed by atoms with van der Waals surface area (Å²) in [7, 11) is 0. The minimum Gasteiger partial charge on any atom is -0.359 e. The fourth-order valence-electron chi connectivity index (χ4n) is 2.09. The lowest BCUT2D eigenvalue weighted by molar-refractivity contribution is -0.384. The number of pyridine rings is 1. The lowest BCUT2D eigenvalue weighted by Crippen LogP contribution is -2.44. The SMILES string of the molecule is CCC1(Nc2nc(Cl)ccc2[N+](=O)[O-])CCC1. The van der Waals surface area contributed by atoms with Crippen molar-refractivity contribution in [2.75, 3.05) is 5.32 Å².